The molecule has 53 heavy (non-hydrogen) atoms. The van der Waals surface area contributed by atoms with Crippen LogP contribution < -0.4 is 98.8 Å². The minimum atomic E-state index is -5.69. The number of aromatic hydroxyl groups is 1. The van der Waals surface area contributed by atoms with Crippen LogP contribution in [0.25, 0.3) is 10.8 Å². The maximum absolute atomic E-state index is 13.8. The molecule has 0 aliphatic carbocycles. The molecule has 0 bridgehead atoms. The Kier molecular flexibility index (Phi) is 15.3. The number of azo groups is 2. The fourth-order valence-electron chi connectivity index (χ4n) is 4.55. The summed E-state index contributed by atoms with van der Waals surface area (Å²) >= 11 is 0. The molecule has 1 atom stereocenters. The van der Waals surface area contributed by atoms with Crippen LogP contribution in [0.1, 0.15) is 6.92 Å². The number of carbonyl (C=O) groups is 1. The number of para-hydroxylation sites is 1. The van der Waals surface area contributed by atoms with Gasteiger partial charge in [-0.3, -0.25) is 14.9 Å². The maximum Gasteiger partial charge on any atom is 1.00 e. The van der Waals surface area contributed by atoms with Gasteiger partial charge in [0.1, 0.15) is 25.9 Å². The van der Waals surface area contributed by atoms with Gasteiger partial charge in [-0.2, -0.15) is 29.4 Å². The molecule has 1 heterocycles. The summed E-state index contributed by atoms with van der Waals surface area (Å²) in [6.45, 7) is 1.42. The Bertz CT molecular complexity index is 2500. The van der Waals surface area contributed by atoms with Crippen molar-refractivity contribution in [1.82, 2.24) is 0 Å². The molecule has 0 fully saturated rings. The van der Waals surface area contributed by atoms with Crippen molar-refractivity contribution in [3.05, 3.63) is 70.8 Å². The summed E-state index contributed by atoms with van der Waals surface area (Å²) in [6.07, 6.45) is 0. The number of rotatable bonds is 9. The first-order valence-corrected chi connectivity index (χ1v) is 17.5. The molecule has 4 aromatic rings. The number of fused-ring (bicyclic) bond motifs is 1. The molecule has 260 valence electrons. The van der Waals surface area contributed by atoms with E-state index in [9.17, 15) is 64.4 Å². The van der Waals surface area contributed by atoms with E-state index in [4.69, 9.17) is 0 Å². The monoisotopic (exact) mass is 816 g/mol. The topological polar surface area (TPSA) is 340 Å². The normalized spacial score (nSPS) is 14.9. The Balaban J connectivity index is 0.00000324. The Labute approximate surface area is 365 Å². The van der Waals surface area contributed by atoms with Gasteiger partial charge in [0.05, 0.1) is 37.5 Å². The van der Waals surface area contributed by atoms with Crippen LogP contribution in [0.5, 0.6) is 11.5 Å². The molecule has 21 nitrogen and oxygen atoms in total. The van der Waals surface area contributed by atoms with Gasteiger partial charge in [0.2, 0.25) is 10.6 Å². The number of phenols is 1. The third kappa shape index (κ3) is 9.98. The van der Waals surface area contributed by atoms with E-state index in [-0.39, 0.29) is 100 Å². The predicted molar refractivity (Wildman–Crippen MR) is 165 cm³/mol. The number of carbonyl (C=O) groups excluding carboxylic acids is 1. The second-order valence-corrected chi connectivity index (χ2v) is 14.3. The number of hydrogen-bond acceptors (Lipinski definition) is 17. The summed E-state index contributed by atoms with van der Waals surface area (Å²) in [4.78, 5) is 19.6. The second-order valence-electron chi connectivity index (χ2n) is 10.1. The van der Waals surface area contributed by atoms with Crippen molar-refractivity contribution in [3.63, 3.8) is 0 Å². The number of nitro benzene ring substituents is 1. The van der Waals surface area contributed by atoms with Gasteiger partial charge in [-0.1, -0.05) is 23.9 Å². The molecule has 0 radical (unpaired) electrons. The van der Waals surface area contributed by atoms with Gasteiger partial charge in [-0.05, 0) is 40.8 Å². The molecule has 1 amide bonds. The van der Waals surface area contributed by atoms with Crippen molar-refractivity contribution in [2.24, 2.45) is 25.6 Å². The molecule has 27 heteroatoms. The quantitative estimate of drug-likeness (QED) is 0.0354. The van der Waals surface area contributed by atoms with Gasteiger partial charge < -0.3 is 19.3 Å². The van der Waals surface area contributed by atoms with Gasteiger partial charge in [-0.15, -0.1) is 10.2 Å². The Hall–Kier alpha value is -2.63. The van der Waals surface area contributed by atoms with Crippen molar-refractivity contribution in [2.45, 2.75) is 27.7 Å². The number of amides is 1. The zero-order valence-electron chi connectivity index (χ0n) is 27.5. The van der Waals surface area contributed by atoms with Crippen LogP contribution >= 0.6 is 0 Å². The van der Waals surface area contributed by atoms with E-state index in [1.165, 1.54) is 6.92 Å². The summed E-state index contributed by atoms with van der Waals surface area (Å²) in [6, 6.07) is 9.03. The molecule has 4 aromatic carbocycles. The van der Waals surface area contributed by atoms with Crippen LogP contribution in [0.3, 0.4) is 0 Å². The van der Waals surface area contributed by atoms with E-state index in [1.54, 1.807) is 30.3 Å². The molecule has 0 spiro atoms. The predicted octanol–water partition coefficient (Wildman–Crippen LogP) is -5.56. The van der Waals surface area contributed by atoms with Crippen molar-refractivity contribution in [1.29, 1.82) is 0 Å². The molecule has 3 N–H and O–H groups in total. The minimum absolute atomic E-state index is 0. The number of phenolic OH excluding ortho intramolecular Hbond substituents is 1. The van der Waals surface area contributed by atoms with E-state index < -0.39 is 107 Å². The first-order valence-electron chi connectivity index (χ1n) is 13.2. The number of nitro groups is 1. The molecule has 1 aliphatic heterocycles. The smallest absolute Gasteiger partial charge is 0.870 e. The summed E-state index contributed by atoms with van der Waals surface area (Å²) in [5.41, 5.74) is -3.97. The number of hydrogen-bond donors (Lipinski definition) is 3. The fourth-order valence-corrected chi connectivity index (χ4v) is 6.25. The molecule has 1 unspecified atom stereocenters. The van der Waals surface area contributed by atoms with Crippen molar-refractivity contribution in [2.75, 3.05) is 5.01 Å². The van der Waals surface area contributed by atoms with E-state index >= 15 is 0 Å². The SMILES string of the molecule is CC1=NN(c2ccccc2)C(=O)C1N=Nc1cc([S+](=O)(O)O)cc2cc(S(=O)(=O)[O-])c(N=Nc3cc(S(=O)(=O)[O-])cc([N+](=O)[O-])c3O)c([O-])c12.[Na+].[Na+].[Na+]. The van der Waals surface area contributed by atoms with Crippen LogP contribution in [-0.2, 0) is 39.7 Å². The molecule has 0 saturated heterocycles. The average Bonchev–Trinajstić information content (AvgIpc) is 3.30. The van der Waals surface area contributed by atoms with Gasteiger partial charge >= 0.3 is 105 Å². The average molecular weight is 817 g/mol. The van der Waals surface area contributed by atoms with Crippen LogP contribution in [0.4, 0.5) is 28.4 Å². The number of benzene rings is 4. The van der Waals surface area contributed by atoms with Gasteiger partial charge in [0.25, 0.3) is 5.91 Å². The van der Waals surface area contributed by atoms with Gasteiger partial charge in [0, 0.05) is 23.6 Å². The second kappa shape index (κ2) is 17.4. The van der Waals surface area contributed by atoms with E-state index in [0.29, 0.717) is 30.0 Å². The first-order chi connectivity index (χ1) is 23.2. The molecule has 0 aromatic heterocycles. The number of nitrogens with zero attached hydrogens (tertiary/aromatic N) is 7. The van der Waals surface area contributed by atoms with E-state index in [2.05, 4.69) is 25.6 Å². The van der Waals surface area contributed by atoms with Crippen LogP contribution in [0.2, 0.25) is 0 Å². The Morgan fingerprint density at radius 3 is 2.08 bits per heavy atom. The third-order valence-corrected chi connectivity index (χ3v) is 9.34. The third-order valence-electron chi connectivity index (χ3n) is 6.82. The van der Waals surface area contributed by atoms with E-state index in [0.717, 1.165) is 5.01 Å². The van der Waals surface area contributed by atoms with E-state index in [1.807, 2.05) is 0 Å². The Morgan fingerprint density at radius 2 is 1.53 bits per heavy atom. The summed E-state index contributed by atoms with van der Waals surface area (Å²) in [5, 5.41) is 53.7. The Morgan fingerprint density at radius 1 is 0.906 bits per heavy atom. The van der Waals surface area contributed by atoms with Crippen LogP contribution in [-0.4, -0.2) is 62.7 Å². The standard InChI is InChI=1S/C26H19N7O14S3.3Na/c1-12-22(26(36)32(31-12)14-5-3-2-4-6-14)29-27-17-9-15(48(39,40)41)7-13-8-20(50(45,46)47)23(25(35)21(13)17)30-28-18-10-16(49(42,43)44)11-19(24(18)34)33(37)38;;;/h2-11,22H,1H3,(H5-,27,28,29,30,34,35,39,40,41,42,43,44,45,46,47);;;/q;3*+1/p-2. The largest absolute Gasteiger partial charge is 1.00 e. The molecular formula is C26H17N7Na3O14S3+. The summed E-state index contributed by atoms with van der Waals surface area (Å²) in [7, 11) is -15.9. The zero-order chi connectivity index (χ0) is 36.9. The van der Waals surface area contributed by atoms with Crippen molar-refractivity contribution in [3.8, 4) is 11.5 Å². The molecule has 5 rings (SSSR count). The van der Waals surface area contributed by atoms with Crippen LogP contribution in [0.15, 0.2) is 101 Å². The number of anilines is 1. The zero-order valence-corrected chi connectivity index (χ0v) is 36.0. The van der Waals surface area contributed by atoms with Crippen molar-refractivity contribution < 1.29 is 148 Å². The number of hydrazone groups is 1. The van der Waals surface area contributed by atoms with Gasteiger partial charge in [-0.25, -0.2) is 16.8 Å². The molecule has 1 aliphatic rings. The molecule has 0 saturated carbocycles. The van der Waals surface area contributed by atoms with Gasteiger partial charge in [0.15, 0.2) is 6.04 Å². The maximum atomic E-state index is 13.8. The summed E-state index contributed by atoms with van der Waals surface area (Å²) in [5.74, 6) is -3.58. The summed E-state index contributed by atoms with van der Waals surface area (Å²) < 4.78 is 103. The molecular weight excluding hydrogens is 799 g/mol. The van der Waals surface area contributed by atoms with Crippen LogP contribution in [0, 0.1) is 10.1 Å². The fraction of sp³-hybridized carbons (Fsp3) is 0.0769. The van der Waals surface area contributed by atoms with Crippen molar-refractivity contribution >= 4 is 81.6 Å². The minimum Gasteiger partial charge on any atom is -0.870 e. The first kappa shape index (κ1) is 46.5.